The van der Waals surface area contributed by atoms with E-state index >= 15 is 0 Å². The first-order chi connectivity index (χ1) is 35.7. The van der Waals surface area contributed by atoms with Gasteiger partial charge in [0.1, 0.15) is 0 Å². The Morgan fingerprint density at radius 1 is 0.250 bits per heavy atom. The molecule has 0 amide bonds. The summed E-state index contributed by atoms with van der Waals surface area (Å²) in [6.07, 6.45) is 0. The van der Waals surface area contributed by atoms with Crippen LogP contribution in [0.4, 0.5) is 17.1 Å². The molecule has 0 N–H and O–H groups in total. The van der Waals surface area contributed by atoms with Crippen molar-refractivity contribution in [3.63, 3.8) is 0 Å². The van der Waals surface area contributed by atoms with Crippen LogP contribution in [0.5, 0.6) is 0 Å². The summed E-state index contributed by atoms with van der Waals surface area (Å²) in [4.78, 5) is 2.42. The van der Waals surface area contributed by atoms with Gasteiger partial charge in [0, 0.05) is 33.2 Å². The Bertz CT molecular complexity index is 4200. The number of fused-ring (bicyclic) bond motifs is 7. The first-order valence-electron chi connectivity index (χ1n) is 24.8. The predicted molar refractivity (Wildman–Crippen MR) is 307 cm³/mol. The number of aromatic nitrogens is 1. The van der Waals surface area contributed by atoms with Crippen molar-refractivity contribution < 1.29 is 0 Å². The van der Waals surface area contributed by atoms with Crippen LogP contribution in [0, 0.1) is 0 Å². The second-order valence-corrected chi connectivity index (χ2v) is 18.8. The highest BCUT2D eigenvalue weighted by molar-refractivity contribution is 6.26. The van der Waals surface area contributed by atoms with Gasteiger partial charge >= 0.3 is 0 Å². The van der Waals surface area contributed by atoms with Crippen LogP contribution in [0.2, 0.25) is 0 Å². The SMILES string of the molecule is c1ccc(-c2ccc3c(c2)c2cc(-c4ccccc4)ccc2n3-c2ccc(N(c3ccccc3)c3ccc(-c4c5ccccc5c(-c5cccc6ccccc56)c5ccccc45)c4ccccc34)cc2)cc1. The van der Waals surface area contributed by atoms with E-state index in [1.54, 1.807) is 0 Å². The van der Waals surface area contributed by atoms with E-state index in [0.717, 1.165) is 22.7 Å². The molecule has 0 radical (unpaired) electrons. The zero-order chi connectivity index (χ0) is 47.5. The van der Waals surface area contributed by atoms with Crippen molar-refractivity contribution in [3.8, 4) is 50.2 Å². The molecule has 72 heavy (non-hydrogen) atoms. The summed E-state index contributed by atoms with van der Waals surface area (Å²) in [5, 5.41) is 12.3. The second kappa shape index (κ2) is 17.2. The molecule has 2 heteroatoms. The third kappa shape index (κ3) is 6.80. The van der Waals surface area contributed by atoms with Crippen LogP contribution in [-0.4, -0.2) is 4.57 Å². The van der Waals surface area contributed by atoms with Crippen LogP contribution >= 0.6 is 0 Å². The number of hydrogen-bond donors (Lipinski definition) is 0. The quantitative estimate of drug-likeness (QED) is 0.138. The van der Waals surface area contributed by atoms with Gasteiger partial charge in [0.15, 0.2) is 0 Å². The number of hydrogen-bond acceptors (Lipinski definition) is 1. The molecule has 2 nitrogen and oxygen atoms in total. The third-order valence-electron chi connectivity index (χ3n) is 14.8. The molecule has 0 aliphatic carbocycles. The minimum Gasteiger partial charge on any atom is -0.310 e. The van der Waals surface area contributed by atoms with E-state index in [-0.39, 0.29) is 0 Å². The Balaban J connectivity index is 0.932. The van der Waals surface area contributed by atoms with Gasteiger partial charge in [0.2, 0.25) is 0 Å². The maximum Gasteiger partial charge on any atom is 0.0541 e. The van der Waals surface area contributed by atoms with Gasteiger partial charge in [-0.25, -0.2) is 0 Å². The van der Waals surface area contributed by atoms with Crippen molar-refractivity contribution in [2.75, 3.05) is 4.90 Å². The topological polar surface area (TPSA) is 8.17 Å². The first kappa shape index (κ1) is 41.5. The molecule has 14 aromatic rings. The number of anilines is 3. The van der Waals surface area contributed by atoms with Gasteiger partial charge < -0.3 is 9.47 Å². The fraction of sp³-hybridized carbons (Fsp3) is 0. The van der Waals surface area contributed by atoms with Gasteiger partial charge in [-0.2, -0.15) is 0 Å². The lowest BCUT2D eigenvalue weighted by atomic mass is 9.83. The second-order valence-electron chi connectivity index (χ2n) is 18.8. The summed E-state index contributed by atoms with van der Waals surface area (Å²) in [6, 6.07) is 102. The summed E-state index contributed by atoms with van der Waals surface area (Å²) < 4.78 is 2.43. The van der Waals surface area contributed by atoms with Crippen LogP contribution < -0.4 is 4.90 Å². The Hall–Kier alpha value is -9.50. The molecular formula is C70H46N2. The Kier molecular flexibility index (Phi) is 9.89. The Morgan fingerprint density at radius 2 is 0.681 bits per heavy atom. The highest BCUT2D eigenvalue weighted by Gasteiger charge is 2.23. The van der Waals surface area contributed by atoms with Crippen LogP contribution in [0.25, 0.3) is 115 Å². The predicted octanol–water partition coefficient (Wildman–Crippen LogP) is 19.5. The van der Waals surface area contributed by atoms with E-state index in [1.807, 2.05) is 0 Å². The molecule has 1 aromatic heterocycles. The third-order valence-corrected chi connectivity index (χ3v) is 14.8. The maximum atomic E-state index is 2.43. The van der Waals surface area contributed by atoms with E-state index in [9.17, 15) is 0 Å². The molecule has 13 aromatic carbocycles. The monoisotopic (exact) mass is 914 g/mol. The molecular weight excluding hydrogens is 869 g/mol. The highest BCUT2D eigenvalue weighted by Crippen LogP contribution is 2.49. The van der Waals surface area contributed by atoms with Crippen LogP contribution in [0.15, 0.2) is 279 Å². The van der Waals surface area contributed by atoms with Crippen LogP contribution in [0.1, 0.15) is 0 Å². The van der Waals surface area contributed by atoms with Crippen molar-refractivity contribution in [1.82, 2.24) is 4.57 Å². The summed E-state index contributed by atoms with van der Waals surface area (Å²) in [5.74, 6) is 0. The number of benzene rings is 13. The fourth-order valence-electron chi connectivity index (χ4n) is 11.5. The van der Waals surface area contributed by atoms with Gasteiger partial charge in [-0.3, -0.25) is 0 Å². The minimum atomic E-state index is 1.08. The summed E-state index contributed by atoms with van der Waals surface area (Å²) in [6.45, 7) is 0. The molecule has 14 rings (SSSR count). The molecule has 0 aliphatic rings. The zero-order valence-corrected chi connectivity index (χ0v) is 39.5. The number of rotatable bonds is 8. The summed E-state index contributed by atoms with van der Waals surface area (Å²) in [5.41, 5.74) is 16.6. The van der Waals surface area contributed by atoms with Crippen molar-refractivity contribution in [2.45, 2.75) is 0 Å². The lowest BCUT2D eigenvalue weighted by Crippen LogP contribution is -2.10. The largest absolute Gasteiger partial charge is 0.310 e. The van der Waals surface area contributed by atoms with E-state index < -0.39 is 0 Å². The number of nitrogens with zero attached hydrogens (tertiary/aromatic N) is 2. The molecule has 336 valence electrons. The average molecular weight is 915 g/mol. The van der Waals surface area contributed by atoms with Gasteiger partial charge in [-0.15, -0.1) is 0 Å². The van der Waals surface area contributed by atoms with Gasteiger partial charge in [0.25, 0.3) is 0 Å². The molecule has 1 heterocycles. The molecule has 0 spiro atoms. The van der Waals surface area contributed by atoms with Crippen molar-refractivity contribution in [3.05, 3.63) is 279 Å². The fourth-order valence-corrected chi connectivity index (χ4v) is 11.5. The van der Waals surface area contributed by atoms with Gasteiger partial charge in [0.05, 0.1) is 16.7 Å². The summed E-state index contributed by atoms with van der Waals surface area (Å²) >= 11 is 0. The van der Waals surface area contributed by atoms with Crippen LogP contribution in [-0.2, 0) is 0 Å². The van der Waals surface area contributed by atoms with E-state index in [1.165, 1.54) is 109 Å². The Labute approximate surface area is 418 Å². The van der Waals surface area contributed by atoms with Crippen LogP contribution in [0.3, 0.4) is 0 Å². The summed E-state index contributed by atoms with van der Waals surface area (Å²) in [7, 11) is 0. The van der Waals surface area contributed by atoms with Crippen molar-refractivity contribution in [1.29, 1.82) is 0 Å². The van der Waals surface area contributed by atoms with E-state index in [4.69, 9.17) is 0 Å². The molecule has 0 saturated heterocycles. The molecule has 0 saturated carbocycles. The lowest BCUT2D eigenvalue weighted by molar-refractivity contribution is 1.17. The van der Waals surface area contributed by atoms with Crippen molar-refractivity contribution >= 4 is 82.0 Å². The van der Waals surface area contributed by atoms with Crippen molar-refractivity contribution in [2.24, 2.45) is 0 Å². The maximum absolute atomic E-state index is 2.43. The normalized spacial score (nSPS) is 11.6. The first-order valence-corrected chi connectivity index (χ1v) is 24.8. The van der Waals surface area contributed by atoms with Gasteiger partial charge in [-0.05, 0) is 149 Å². The Morgan fingerprint density at radius 3 is 1.24 bits per heavy atom. The molecule has 0 atom stereocenters. The smallest absolute Gasteiger partial charge is 0.0541 e. The molecule has 0 fully saturated rings. The highest BCUT2D eigenvalue weighted by atomic mass is 15.1. The van der Waals surface area contributed by atoms with Gasteiger partial charge in [-0.1, -0.05) is 212 Å². The average Bonchev–Trinajstić information content (AvgIpc) is 3.78. The standard InChI is InChI=1S/C70H46N2/c1-4-19-47(20-5-1)50-35-42-67-64(45-50)65-46-51(48-21-6-2-7-22-48)36-43-68(65)72(67)54-39-37-53(38-40-54)71(52-25-8-3-9-26-52)66-44-41-63(56-28-12-13-29-57(56)66)70-61-32-16-14-30-59(61)69(60-31-15-17-33-62(60)70)58-34-18-24-49-23-10-11-27-55(49)58/h1-46H. The molecule has 0 bridgehead atoms. The molecule has 0 unspecified atom stereocenters. The minimum absolute atomic E-state index is 1.08. The van der Waals surface area contributed by atoms with E-state index in [2.05, 4.69) is 289 Å². The number of para-hydroxylation sites is 1. The lowest BCUT2D eigenvalue weighted by Gasteiger charge is -2.28. The zero-order valence-electron chi connectivity index (χ0n) is 39.5. The van der Waals surface area contributed by atoms with E-state index in [0.29, 0.717) is 0 Å². The molecule has 0 aliphatic heterocycles.